The van der Waals surface area contributed by atoms with E-state index in [9.17, 15) is 4.79 Å². The van der Waals surface area contributed by atoms with E-state index in [1.807, 2.05) is 18.2 Å². The molecule has 0 saturated carbocycles. The molecule has 2 fully saturated rings. The number of ether oxygens (including phenoxy) is 1. The first-order valence-corrected chi connectivity index (χ1v) is 12.4. The van der Waals surface area contributed by atoms with Crippen molar-refractivity contribution in [2.75, 3.05) is 38.2 Å². The number of likely N-dealkylation sites (tertiary alicyclic amines) is 1. The molecule has 2 aromatic rings. The topological polar surface area (TPSA) is 32.8 Å². The van der Waals surface area contributed by atoms with Crippen molar-refractivity contribution in [3.05, 3.63) is 62.6 Å². The number of carbonyl (C=O) groups is 1. The number of hydrogen-bond donors (Lipinski definition) is 0. The SMILES string of the molecule is COC(=O)C1CCN(C2CCc3cc(C4CN(c5c(Cl)cccc5Cl)C4)cc(C)c32)CC1. The maximum Gasteiger partial charge on any atom is 0.308 e. The highest BCUT2D eigenvalue weighted by molar-refractivity contribution is 6.39. The van der Waals surface area contributed by atoms with Gasteiger partial charge in [-0.3, -0.25) is 9.69 Å². The van der Waals surface area contributed by atoms with Crippen molar-refractivity contribution in [2.24, 2.45) is 5.92 Å². The first-order valence-electron chi connectivity index (χ1n) is 11.6. The highest BCUT2D eigenvalue weighted by atomic mass is 35.5. The molecule has 2 aromatic carbocycles. The lowest BCUT2D eigenvalue weighted by Crippen LogP contribution is -2.45. The van der Waals surface area contributed by atoms with Gasteiger partial charge in [-0.2, -0.15) is 0 Å². The van der Waals surface area contributed by atoms with E-state index in [1.165, 1.54) is 35.8 Å². The number of hydrogen-bond acceptors (Lipinski definition) is 4. The Balaban J connectivity index is 1.28. The molecule has 0 aromatic heterocycles. The van der Waals surface area contributed by atoms with Gasteiger partial charge in [0.15, 0.2) is 0 Å². The number of halogens is 2. The van der Waals surface area contributed by atoms with Crippen molar-refractivity contribution in [3.63, 3.8) is 0 Å². The van der Waals surface area contributed by atoms with Crippen LogP contribution in [-0.4, -0.2) is 44.2 Å². The second-order valence-corrected chi connectivity index (χ2v) is 10.3. The third-order valence-corrected chi connectivity index (χ3v) is 8.24. The van der Waals surface area contributed by atoms with Gasteiger partial charge in [0, 0.05) is 25.0 Å². The summed E-state index contributed by atoms with van der Waals surface area (Å²) in [6, 6.07) is 11.0. The fourth-order valence-corrected chi connectivity index (χ4v) is 6.54. The number of aryl methyl sites for hydroxylation is 2. The molecular formula is C26H30Cl2N2O2. The quantitative estimate of drug-likeness (QED) is 0.528. The Morgan fingerprint density at radius 3 is 2.41 bits per heavy atom. The number of nitrogens with zero attached hydrogens (tertiary/aromatic N) is 2. The van der Waals surface area contributed by atoms with Gasteiger partial charge in [0.05, 0.1) is 28.8 Å². The van der Waals surface area contributed by atoms with Gasteiger partial charge in [0.2, 0.25) is 0 Å². The monoisotopic (exact) mass is 472 g/mol. The van der Waals surface area contributed by atoms with Crippen LogP contribution < -0.4 is 4.90 Å². The molecule has 6 heteroatoms. The molecule has 0 spiro atoms. The maximum atomic E-state index is 11.9. The van der Waals surface area contributed by atoms with Crippen molar-refractivity contribution in [3.8, 4) is 0 Å². The van der Waals surface area contributed by atoms with Gasteiger partial charge in [-0.25, -0.2) is 0 Å². The van der Waals surface area contributed by atoms with E-state index in [0.29, 0.717) is 12.0 Å². The zero-order chi connectivity index (χ0) is 22.4. The average Bonchev–Trinajstić information content (AvgIpc) is 3.19. The summed E-state index contributed by atoms with van der Waals surface area (Å²) in [6.45, 7) is 6.12. The number of para-hydroxylation sites is 1. The Labute approximate surface area is 200 Å². The van der Waals surface area contributed by atoms with Crippen LogP contribution in [0.15, 0.2) is 30.3 Å². The van der Waals surface area contributed by atoms with E-state index in [2.05, 4.69) is 28.9 Å². The molecule has 1 unspecified atom stereocenters. The van der Waals surface area contributed by atoms with Gasteiger partial charge >= 0.3 is 5.97 Å². The Kier molecular flexibility index (Phi) is 6.13. The summed E-state index contributed by atoms with van der Waals surface area (Å²) in [5.74, 6) is 0.528. The van der Waals surface area contributed by atoms with Crippen LogP contribution in [0.25, 0.3) is 0 Å². The number of esters is 1. The molecule has 4 nitrogen and oxygen atoms in total. The standard InChI is InChI=1S/C26H30Cl2N2O2/c1-16-12-19(20-14-30(15-20)25-21(27)4-3-5-22(25)28)13-18-6-7-23(24(16)18)29-10-8-17(9-11-29)26(31)32-2/h3-5,12-13,17,20,23H,6-11,14-15H2,1-2H3. The predicted molar refractivity (Wildman–Crippen MR) is 130 cm³/mol. The molecule has 2 aliphatic heterocycles. The number of methoxy groups -OCH3 is 1. The molecule has 1 aliphatic carbocycles. The van der Waals surface area contributed by atoms with Crippen LogP contribution in [0.4, 0.5) is 5.69 Å². The number of piperidine rings is 1. The molecule has 2 heterocycles. The molecule has 0 radical (unpaired) electrons. The lowest BCUT2D eigenvalue weighted by Gasteiger charge is -2.42. The second-order valence-electron chi connectivity index (χ2n) is 9.47. The van der Waals surface area contributed by atoms with Gasteiger partial charge in [-0.1, -0.05) is 41.4 Å². The molecule has 5 rings (SSSR count). The van der Waals surface area contributed by atoms with Crippen molar-refractivity contribution in [2.45, 2.75) is 44.6 Å². The smallest absolute Gasteiger partial charge is 0.308 e. The molecule has 0 amide bonds. The first-order chi connectivity index (χ1) is 15.5. The zero-order valence-electron chi connectivity index (χ0n) is 18.7. The molecule has 1 atom stereocenters. The Morgan fingerprint density at radius 1 is 1.06 bits per heavy atom. The van der Waals surface area contributed by atoms with Gasteiger partial charge in [-0.05, 0) is 80.1 Å². The lowest BCUT2D eigenvalue weighted by atomic mass is 9.86. The van der Waals surface area contributed by atoms with Crippen molar-refractivity contribution >= 4 is 34.9 Å². The number of carbonyl (C=O) groups excluding carboxylic acids is 1. The van der Waals surface area contributed by atoms with Crippen LogP contribution in [0, 0.1) is 12.8 Å². The second kappa shape index (κ2) is 8.89. The largest absolute Gasteiger partial charge is 0.469 e. The summed E-state index contributed by atoms with van der Waals surface area (Å²) in [6.07, 6.45) is 4.11. The van der Waals surface area contributed by atoms with E-state index in [-0.39, 0.29) is 11.9 Å². The minimum absolute atomic E-state index is 0.0510. The number of benzene rings is 2. The first kappa shape index (κ1) is 22.1. The Bertz CT molecular complexity index is 1010. The third kappa shape index (κ3) is 3.91. The van der Waals surface area contributed by atoms with Crippen molar-refractivity contribution in [1.29, 1.82) is 0 Å². The van der Waals surface area contributed by atoms with Crippen LogP contribution in [0.3, 0.4) is 0 Å². The third-order valence-electron chi connectivity index (χ3n) is 7.63. The summed E-state index contributed by atoms with van der Waals surface area (Å²) in [5.41, 5.74) is 6.83. The Hall–Kier alpha value is -1.75. The normalized spacial score (nSPS) is 22.0. The van der Waals surface area contributed by atoms with Gasteiger partial charge in [0.25, 0.3) is 0 Å². The van der Waals surface area contributed by atoms with E-state index in [0.717, 1.165) is 61.2 Å². The number of anilines is 1. The molecule has 170 valence electrons. The van der Waals surface area contributed by atoms with E-state index in [1.54, 1.807) is 0 Å². The minimum Gasteiger partial charge on any atom is -0.469 e. The summed E-state index contributed by atoms with van der Waals surface area (Å²) >= 11 is 12.8. The fourth-order valence-electron chi connectivity index (χ4n) is 5.90. The van der Waals surface area contributed by atoms with Crippen LogP contribution in [0.5, 0.6) is 0 Å². The fraction of sp³-hybridized carbons (Fsp3) is 0.500. The molecule has 2 saturated heterocycles. The highest BCUT2D eigenvalue weighted by Crippen LogP contribution is 2.44. The highest BCUT2D eigenvalue weighted by Gasteiger charge is 2.36. The van der Waals surface area contributed by atoms with Crippen molar-refractivity contribution in [1.82, 2.24) is 4.90 Å². The van der Waals surface area contributed by atoms with E-state index < -0.39 is 0 Å². The van der Waals surface area contributed by atoms with Gasteiger partial charge in [-0.15, -0.1) is 0 Å². The average molecular weight is 473 g/mol. The van der Waals surface area contributed by atoms with Crippen LogP contribution in [-0.2, 0) is 16.0 Å². The maximum absolute atomic E-state index is 11.9. The lowest BCUT2D eigenvalue weighted by molar-refractivity contribution is -0.147. The number of fused-ring (bicyclic) bond motifs is 1. The van der Waals surface area contributed by atoms with Gasteiger partial charge in [0.1, 0.15) is 0 Å². The summed E-state index contributed by atoms with van der Waals surface area (Å²) in [7, 11) is 1.49. The molecule has 32 heavy (non-hydrogen) atoms. The molecule has 0 bridgehead atoms. The summed E-state index contributed by atoms with van der Waals surface area (Å²) < 4.78 is 4.95. The van der Waals surface area contributed by atoms with Gasteiger partial charge < -0.3 is 9.64 Å². The Morgan fingerprint density at radius 2 is 1.75 bits per heavy atom. The molecule has 3 aliphatic rings. The summed E-state index contributed by atoms with van der Waals surface area (Å²) in [4.78, 5) is 16.7. The van der Waals surface area contributed by atoms with Crippen LogP contribution >= 0.6 is 23.2 Å². The molecular weight excluding hydrogens is 443 g/mol. The van der Waals surface area contributed by atoms with E-state index >= 15 is 0 Å². The summed E-state index contributed by atoms with van der Waals surface area (Å²) in [5, 5.41) is 1.44. The van der Waals surface area contributed by atoms with E-state index in [4.69, 9.17) is 27.9 Å². The minimum atomic E-state index is -0.0510. The number of rotatable bonds is 4. The predicted octanol–water partition coefficient (Wildman–Crippen LogP) is 5.78. The van der Waals surface area contributed by atoms with Crippen molar-refractivity contribution < 1.29 is 9.53 Å². The van der Waals surface area contributed by atoms with Crippen LogP contribution in [0.2, 0.25) is 10.0 Å². The zero-order valence-corrected chi connectivity index (χ0v) is 20.3. The van der Waals surface area contributed by atoms with Crippen LogP contribution in [0.1, 0.15) is 53.5 Å². The molecule has 0 N–H and O–H groups in total.